The van der Waals surface area contributed by atoms with Crippen LogP contribution >= 0.6 is 0 Å². The number of rotatable bonds is 6. The first-order valence-electron chi connectivity index (χ1n) is 6.71. The lowest BCUT2D eigenvalue weighted by molar-refractivity contribution is -0.384. The minimum atomic E-state index is -0.454. The molecule has 0 saturated heterocycles. The van der Waals surface area contributed by atoms with E-state index in [1.807, 2.05) is 19.1 Å². The number of hydrogen-bond donors (Lipinski definition) is 1. The molecule has 1 aromatic carbocycles. The highest BCUT2D eigenvalue weighted by Gasteiger charge is 2.09. The Morgan fingerprint density at radius 3 is 2.90 bits per heavy atom. The minimum absolute atomic E-state index is 0.00956. The Bertz CT molecular complexity index is 631. The number of benzene rings is 1. The summed E-state index contributed by atoms with van der Waals surface area (Å²) in [6.45, 7) is 4.96. The Balaban J connectivity index is 2.18. The molecule has 1 N–H and O–H groups in total. The number of non-ortho nitro benzene ring substituents is 1. The molecule has 1 unspecified atom stereocenters. The van der Waals surface area contributed by atoms with Crippen molar-refractivity contribution in [2.24, 2.45) is 0 Å². The molecule has 1 heterocycles. The predicted molar refractivity (Wildman–Crippen MR) is 79.5 cm³/mol. The van der Waals surface area contributed by atoms with Crippen LogP contribution in [0, 0.1) is 10.1 Å². The summed E-state index contributed by atoms with van der Waals surface area (Å²) in [6.07, 6.45) is 1.66. The summed E-state index contributed by atoms with van der Waals surface area (Å²) >= 11 is 0. The Morgan fingerprint density at radius 1 is 1.38 bits per heavy atom. The second-order valence-electron chi connectivity index (χ2n) is 4.56. The fraction of sp³-hybridized carbons (Fsp3) is 0.267. The zero-order valence-electron chi connectivity index (χ0n) is 11.9. The summed E-state index contributed by atoms with van der Waals surface area (Å²) in [5, 5.41) is 14.1. The number of nitro benzene ring substituents is 1. The van der Waals surface area contributed by atoms with Gasteiger partial charge in [-0.2, -0.15) is 0 Å². The van der Waals surface area contributed by atoms with Crippen LogP contribution in [-0.2, 0) is 0 Å². The van der Waals surface area contributed by atoms with Gasteiger partial charge in [-0.15, -0.1) is 0 Å². The van der Waals surface area contributed by atoms with Gasteiger partial charge in [0.15, 0.2) is 0 Å². The summed E-state index contributed by atoms with van der Waals surface area (Å²) in [7, 11) is 0. The largest absolute Gasteiger partial charge is 0.439 e. The van der Waals surface area contributed by atoms with Gasteiger partial charge in [0.1, 0.15) is 5.75 Å². The number of nitrogens with zero attached hydrogens (tertiary/aromatic N) is 2. The van der Waals surface area contributed by atoms with E-state index in [2.05, 4.69) is 17.2 Å². The van der Waals surface area contributed by atoms with E-state index < -0.39 is 4.92 Å². The molecule has 0 radical (unpaired) electrons. The van der Waals surface area contributed by atoms with Crippen LogP contribution in [-0.4, -0.2) is 16.5 Å². The highest BCUT2D eigenvalue weighted by atomic mass is 16.6. The first-order chi connectivity index (χ1) is 10.1. The van der Waals surface area contributed by atoms with Gasteiger partial charge in [-0.1, -0.05) is 13.0 Å². The summed E-state index contributed by atoms with van der Waals surface area (Å²) < 4.78 is 5.59. The molecule has 1 atom stereocenters. The van der Waals surface area contributed by atoms with Crippen LogP contribution in [0.2, 0.25) is 0 Å². The van der Waals surface area contributed by atoms with Crippen molar-refractivity contribution in [2.75, 3.05) is 6.54 Å². The number of hydrogen-bond acceptors (Lipinski definition) is 5. The zero-order chi connectivity index (χ0) is 15.2. The van der Waals surface area contributed by atoms with Crippen LogP contribution in [0.3, 0.4) is 0 Å². The fourth-order valence-corrected chi connectivity index (χ4v) is 1.96. The Morgan fingerprint density at radius 2 is 2.19 bits per heavy atom. The normalized spacial score (nSPS) is 11.9. The molecule has 6 heteroatoms. The first kappa shape index (κ1) is 14.9. The highest BCUT2D eigenvalue weighted by molar-refractivity contribution is 5.39. The molecular formula is C15H17N3O3. The second-order valence-corrected chi connectivity index (χ2v) is 4.56. The maximum absolute atomic E-state index is 10.7. The van der Waals surface area contributed by atoms with Gasteiger partial charge in [0.25, 0.3) is 5.69 Å². The van der Waals surface area contributed by atoms with E-state index in [4.69, 9.17) is 4.74 Å². The van der Waals surface area contributed by atoms with Crippen molar-refractivity contribution < 1.29 is 9.66 Å². The third-order valence-corrected chi connectivity index (χ3v) is 3.02. The van der Waals surface area contributed by atoms with Crippen molar-refractivity contribution in [3.05, 3.63) is 58.3 Å². The van der Waals surface area contributed by atoms with Crippen molar-refractivity contribution in [3.63, 3.8) is 0 Å². The molecule has 2 aromatic rings. The average molecular weight is 287 g/mol. The molecule has 0 aliphatic rings. The molecule has 0 spiro atoms. The number of aromatic nitrogens is 1. The van der Waals surface area contributed by atoms with Crippen molar-refractivity contribution >= 4 is 5.69 Å². The van der Waals surface area contributed by atoms with Crippen molar-refractivity contribution in [3.8, 4) is 11.6 Å². The molecule has 0 bridgehead atoms. The Hall–Kier alpha value is -2.47. The quantitative estimate of drug-likeness (QED) is 0.650. The van der Waals surface area contributed by atoms with E-state index in [1.54, 1.807) is 18.3 Å². The van der Waals surface area contributed by atoms with E-state index in [0.29, 0.717) is 11.6 Å². The lowest BCUT2D eigenvalue weighted by Crippen LogP contribution is -2.17. The first-order valence-corrected chi connectivity index (χ1v) is 6.71. The number of nitrogens with one attached hydrogen (secondary N) is 1. The second kappa shape index (κ2) is 6.81. The molecule has 2 rings (SSSR count). The third-order valence-electron chi connectivity index (χ3n) is 3.02. The Kier molecular flexibility index (Phi) is 4.84. The smallest absolute Gasteiger partial charge is 0.273 e. The maximum atomic E-state index is 10.7. The van der Waals surface area contributed by atoms with Crippen molar-refractivity contribution in [1.29, 1.82) is 0 Å². The molecule has 6 nitrogen and oxygen atoms in total. The van der Waals surface area contributed by atoms with Gasteiger partial charge in [-0.3, -0.25) is 10.1 Å². The van der Waals surface area contributed by atoms with E-state index in [0.717, 1.165) is 12.1 Å². The van der Waals surface area contributed by atoms with E-state index in [9.17, 15) is 10.1 Å². The van der Waals surface area contributed by atoms with Crippen LogP contribution in [0.25, 0.3) is 0 Å². The molecule has 1 aromatic heterocycles. The van der Waals surface area contributed by atoms with E-state index >= 15 is 0 Å². The third kappa shape index (κ3) is 4.00. The van der Waals surface area contributed by atoms with Gasteiger partial charge < -0.3 is 10.1 Å². The van der Waals surface area contributed by atoms with Crippen molar-refractivity contribution in [1.82, 2.24) is 10.3 Å². The van der Waals surface area contributed by atoms with Crippen LogP contribution in [0.1, 0.15) is 25.5 Å². The summed E-state index contributed by atoms with van der Waals surface area (Å²) in [4.78, 5) is 14.4. The minimum Gasteiger partial charge on any atom is -0.439 e. The average Bonchev–Trinajstić information content (AvgIpc) is 2.48. The topological polar surface area (TPSA) is 77.3 Å². The molecule has 0 aliphatic heterocycles. The van der Waals surface area contributed by atoms with Gasteiger partial charge in [0.2, 0.25) is 5.88 Å². The van der Waals surface area contributed by atoms with Crippen LogP contribution in [0.15, 0.2) is 42.6 Å². The van der Waals surface area contributed by atoms with Crippen molar-refractivity contribution in [2.45, 2.75) is 19.9 Å². The van der Waals surface area contributed by atoms with Crippen LogP contribution in [0.5, 0.6) is 11.6 Å². The molecule has 21 heavy (non-hydrogen) atoms. The zero-order valence-corrected chi connectivity index (χ0v) is 11.9. The summed E-state index contributed by atoms with van der Waals surface area (Å²) in [5.74, 6) is 0.808. The molecule has 0 fully saturated rings. The molecule has 0 saturated carbocycles. The van der Waals surface area contributed by atoms with Gasteiger partial charge in [-0.05, 0) is 31.2 Å². The number of nitro groups is 1. The highest BCUT2D eigenvalue weighted by Crippen LogP contribution is 2.25. The van der Waals surface area contributed by atoms with E-state index in [1.165, 1.54) is 12.1 Å². The summed E-state index contributed by atoms with van der Waals surface area (Å²) in [6, 6.07) is 9.96. The lowest BCUT2D eigenvalue weighted by atomic mass is 10.1. The Labute approximate surface area is 122 Å². The summed E-state index contributed by atoms with van der Waals surface area (Å²) in [5.41, 5.74) is 1.04. The molecule has 0 aliphatic carbocycles. The SMILES string of the molecule is CCNC(C)c1ccnc(Oc2cccc([N+](=O)[O-])c2)c1. The predicted octanol–water partition coefficient (Wildman–Crippen LogP) is 3.45. The van der Waals surface area contributed by atoms with Crippen LogP contribution < -0.4 is 10.1 Å². The van der Waals surface area contributed by atoms with E-state index in [-0.39, 0.29) is 11.7 Å². The molecular weight excluding hydrogens is 270 g/mol. The maximum Gasteiger partial charge on any atom is 0.273 e. The lowest BCUT2D eigenvalue weighted by Gasteiger charge is -2.13. The van der Waals surface area contributed by atoms with Gasteiger partial charge in [0, 0.05) is 24.4 Å². The fourth-order valence-electron chi connectivity index (χ4n) is 1.96. The number of ether oxygens (including phenoxy) is 1. The molecule has 0 amide bonds. The van der Waals surface area contributed by atoms with Gasteiger partial charge in [0.05, 0.1) is 11.0 Å². The standard InChI is InChI=1S/C15H17N3O3/c1-3-16-11(2)12-7-8-17-15(9-12)21-14-6-4-5-13(10-14)18(19)20/h4-11,16H,3H2,1-2H3. The monoisotopic (exact) mass is 287 g/mol. The van der Waals surface area contributed by atoms with Gasteiger partial charge >= 0.3 is 0 Å². The number of pyridine rings is 1. The van der Waals surface area contributed by atoms with Gasteiger partial charge in [-0.25, -0.2) is 4.98 Å². The molecule has 110 valence electrons. The van der Waals surface area contributed by atoms with Crippen LogP contribution in [0.4, 0.5) is 5.69 Å².